The number of carboxylic acid groups (broad SMARTS) is 1. The second-order valence-electron chi connectivity index (χ2n) is 5.83. The summed E-state index contributed by atoms with van der Waals surface area (Å²) in [6, 6.07) is 4.88. The topological polar surface area (TPSA) is 75.6 Å². The zero-order chi connectivity index (χ0) is 15.6. The van der Waals surface area contributed by atoms with Gasteiger partial charge < -0.3 is 15.2 Å². The molecule has 0 spiro atoms. The van der Waals surface area contributed by atoms with E-state index >= 15 is 0 Å². The highest BCUT2D eigenvalue weighted by atomic mass is 16.5. The van der Waals surface area contributed by atoms with Gasteiger partial charge in [-0.25, -0.2) is 0 Å². The van der Waals surface area contributed by atoms with Gasteiger partial charge in [0.2, 0.25) is 0 Å². The molecular weight excluding hydrogens is 270 g/mol. The first-order valence-electron chi connectivity index (χ1n) is 7.07. The number of rotatable bonds is 4. The number of carbonyl (C=O) groups is 2. The van der Waals surface area contributed by atoms with Crippen molar-refractivity contribution in [2.75, 3.05) is 7.11 Å². The maximum absolute atomic E-state index is 12.3. The summed E-state index contributed by atoms with van der Waals surface area (Å²) < 4.78 is 5.21. The van der Waals surface area contributed by atoms with E-state index in [1.807, 2.05) is 13.0 Å². The van der Waals surface area contributed by atoms with Crippen molar-refractivity contribution in [2.24, 2.45) is 5.41 Å². The van der Waals surface area contributed by atoms with E-state index in [0.29, 0.717) is 24.2 Å². The van der Waals surface area contributed by atoms with Gasteiger partial charge in [0, 0.05) is 11.6 Å². The van der Waals surface area contributed by atoms with Crippen molar-refractivity contribution in [1.29, 1.82) is 0 Å². The zero-order valence-corrected chi connectivity index (χ0v) is 12.6. The van der Waals surface area contributed by atoms with Gasteiger partial charge in [-0.15, -0.1) is 0 Å². The molecule has 2 atom stereocenters. The smallest absolute Gasteiger partial charge is 0.311 e. The number of nitrogens with one attached hydrogen (secondary N) is 1. The SMILES string of the molecule is COc1cc(C(=O)NC2CCCC2(C)C(=O)O)ccc1C. The van der Waals surface area contributed by atoms with E-state index in [-0.39, 0.29) is 11.9 Å². The summed E-state index contributed by atoms with van der Waals surface area (Å²) in [6.45, 7) is 3.60. The van der Waals surface area contributed by atoms with Gasteiger partial charge in [-0.05, 0) is 44.4 Å². The average molecular weight is 291 g/mol. The van der Waals surface area contributed by atoms with Crippen LogP contribution in [0.2, 0.25) is 0 Å². The Hall–Kier alpha value is -2.04. The lowest BCUT2D eigenvalue weighted by Crippen LogP contribution is -2.47. The standard InChI is InChI=1S/C16H21NO4/c1-10-6-7-11(9-12(10)21-3)14(18)17-13-5-4-8-16(13,2)15(19)20/h6-7,9,13H,4-5,8H2,1-3H3,(H,17,18)(H,19,20). The van der Waals surface area contributed by atoms with E-state index in [1.165, 1.54) is 0 Å². The number of benzene rings is 1. The van der Waals surface area contributed by atoms with Crippen LogP contribution in [0, 0.1) is 12.3 Å². The molecule has 1 aromatic rings. The third kappa shape index (κ3) is 2.86. The molecule has 5 nitrogen and oxygen atoms in total. The summed E-state index contributed by atoms with van der Waals surface area (Å²) in [5.41, 5.74) is 0.548. The number of aliphatic carboxylic acids is 1. The van der Waals surface area contributed by atoms with E-state index in [9.17, 15) is 14.7 Å². The Labute approximate surface area is 124 Å². The molecule has 1 fully saturated rings. The van der Waals surface area contributed by atoms with Gasteiger partial charge >= 0.3 is 5.97 Å². The number of hydrogen-bond donors (Lipinski definition) is 2. The minimum Gasteiger partial charge on any atom is -0.496 e. The largest absolute Gasteiger partial charge is 0.496 e. The van der Waals surface area contributed by atoms with Crippen LogP contribution < -0.4 is 10.1 Å². The molecule has 1 aliphatic carbocycles. The lowest BCUT2D eigenvalue weighted by atomic mass is 9.85. The molecule has 21 heavy (non-hydrogen) atoms. The van der Waals surface area contributed by atoms with Crippen LogP contribution in [-0.2, 0) is 4.79 Å². The molecule has 0 aromatic heterocycles. The fraction of sp³-hybridized carbons (Fsp3) is 0.500. The van der Waals surface area contributed by atoms with Crippen molar-refractivity contribution in [3.63, 3.8) is 0 Å². The zero-order valence-electron chi connectivity index (χ0n) is 12.6. The predicted molar refractivity (Wildman–Crippen MR) is 78.6 cm³/mol. The molecular formula is C16H21NO4. The van der Waals surface area contributed by atoms with E-state index < -0.39 is 11.4 Å². The Morgan fingerprint density at radius 3 is 2.76 bits per heavy atom. The van der Waals surface area contributed by atoms with Crippen LogP contribution in [0.25, 0.3) is 0 Å². The van der Waals surface area contributed by atoms with Crippen molar-refractivity contribution in [3.8, 4) is 5.75 Å². The first-order chi connectivity index (χ1) is 9.88. The van der Waals surface area contributed by atoms with Gasteiger partial charge in [0.1, 0.15) is 5.75 Å². The number of ether oxygens (including phenoxy) is 1. The Morgan fingerprint density at radius 2 is 2.14 bits per heavy atom. The number of carboxylic acids is 1. The molecule has 2 rings (SSSR count). The van der Waals surface area contributed by atoms with Gasteiger partial charge in [-0.2, -0.15) is 0 Å². The first kappa shape index (κ1) is 15.4. The number of hydrogen-bond acceptors (Lipinski definition) is 3. The molecule has 0 heterocycles. The molecule has 2 unspecified atom stereocenters. The second-order valence-corrected chi connectivity index (χ2v) is 5.83. The number of aryl methyl sites for hydroxylation is 1. The van der Waals surface area contributed by atoms with Crippen molar-refractivity contribution >= 4 is 11.9 Å². The second kappa shape index (κ2) is 5.76. The highest BCUT2D eigenvalue weighted by Gasteiger charge is 2.45. The van der Waals surface area contributed by atoms with Crippen LogP contribution >= 0.6 is 0 Å². The van der Waals surface area contributed by atoms with Crippen LogP contribution in [0.1, 0.15) is 42.1 Å². The number of amides is 1. The lowest BCUT2D eigenvalue weighted by Gasteiger charge is -2.27. The lowest BCUT2D eigenvalue weighted by molar-refractivity contribution is -0.148. The highest BCUT2D eigenvalue weighted by molar-refractivity contribution is 5.95. The summed E-state index contributed by atoms with van der Waals surface area (Å²) in [6.07, 6.45) is 2.09. The van der Waals surface area contributed by atoms with Gasteiger partial charge in [-0.3, -0.25) is 9.59 Å². The molecule has 2 N–H and O–H groups in total. The molecule has 1 aromatic carbocycles. The molecule has 1 saturated carbocycles. The minimum atomic E-state index is -0.884. The van der Waals surface area contributed by atoms with Gasteiger partial charge in [0.25, 0.3) is 5.91 Å². The van der Waals surface area contributed by atoms with E-state index in [1.54, 1.807) is 26.2 Å². The van der Waals surface area contributed by atoms with Crippen LogP contribution in [0.3, 0.4) is 0 Å². The van der Waals surface area contributed by atoms with E-state index in [2.05, 4.69) is 5.32 Å². The molecule has 0 aliphatic heterocycles. The Morgan fingerprint density at radius 1 is 1.43 bits per heavy atom. The average Bonchev–Trinajstić information content (AvgIpc) is 2.82. The molecule has 0 saturated heterocycles. The normalized spacial score (nSPS) is 24.6. The van der Waals surface area contributed by atoms with Crippen LogP contribution in [0.5, 0.6) is 5.75 Å². The van der Waals surface area contributed by atoms with Gasteiger partial charge in [0.05, 0.1) is 12.5 Å². The van der Waals surface area contributed by atoms with Crippen molar-refractivity contribution in [1.82, 2.24) is 5.32 Å². The molecule has 0 radical (unpaired) electrons. The monoisotopic (exact) mass is 291 g/mol. The maximum Gasteiger partial charge on any atom is 0.311 e. The number of methoxy groups -OCH3 is 1. The summed E-state index contributed by atoms with van der Waals surface area (Å²) in [5.74, 6) is -0.463. The third-order valence-corrected chi connectivity index (χ3v) is 4.42. The quantitative estimate of drug-likeness (QED) is 0.893. The summed E-state index contributed by atoms with van der Waals surface area (Å²) in [4.78, 5) is 23.8. The Kier molecular flexibility index (Phi) is 4.21. The van der Waals surface area contributed by atoms with Crippen LogP contribution in [0.4, 0.5) is 0 Å². The minimum absolute atomic E-state index is 0.257. The van der Waals surface area contributed by atoms with Crippen molar-refractivity contribution in [2.45, 2.75) is 39.2 Å². The van der Waals surface area contributed by atoms with E-state index in [4.69, 9.17) is 4.74 Å². The Bertz CT molecular complexity index is 569. The fourth-order valence-corrected chi connectivity index (χ4v) is 2.86. The van der Waals surface area contributed by atoms with Gasteiger partial charge in [-0.1, -0.05) is 12.5 Å². The predicted octanol–water partition coefficient (Wildman–Crippen LogP) is 2.38. The van der Waals surface area contributed by atoms with E-state index in [0.717, 1.165) is 12.0 Å². The molecule has 114 valence electrons. The molecule has 1 amide bonds. The van der Waals surface area contributed by atoms with Gasteiger partial charge in [0.15, 0.2) is 0 Å². The molecule has 1 aliphatic rings. The summed E-state index contributed by atoms with van der Waals surface area (Å²) in [5, 5.41) is 12.2. The molecule has 0 bridgehead atoms. The Balaban J connectivity index is 2.16. The highest BCUT2D eigenvalue weighted by Crippen LogP contribution is 2.38. The van der Waals surface area contributed by atoms with Crippen LogP contribution in [-0.4, -0.2) is 30.1 Å². The van der Waals surface area contributed by atoms with Crippen molar-refractivity contribution in [3.05, 3.63) is 29.3 Å². The first-order valence-corrected chi connectivity index (χ1v) is 7.07. The fourth-order valence-electron chi connectivity index (χ4n) is 2.86. The summed E-state index contributed by atoms with van der Waals surface area (Å²) >= 11 is 0. The maximum atomic E-state index is 12.3. The van der Waals surface area contributed by atoms with Crippen molar-refractivity contribution < 1.29 is 19.4 Å². The summed E-state index contributed by atoms with van der Waals surface area (Å²) in [7, 11) is 1.56. The molecule has 5 heteroatoms. The van der Waals surface area contributed by atoms with Crippen LogP contribution in [0.15, 0.2) is 18.2 Å². The number of carbonyl (C=O) groups excluding carboxylic acids is 1. The third-order valence-electron chi connectivity index (χ3n) is 4.42.